The van der Waals surface area contributed by atoms with Crippen molar-refractivity contribution in [2.24, 2.45) is 0 Å². The lowest BCUT2D eigenvalue weighted by molar-refractivity contribution is 0.00155. The van der Waals surface area contributed by atoms with E-state index >= 15 is 0 Å². The van der Waals surface area contributed by atoms with Crippen LogP contribution in [0.1, 0.15) is 37.2 Å². The summed E-state index contributed by atoms with van der Waals surface area (Å²) < 4.78 is 7.25. The van der Waals surface area contributed by atoms with Crippen LogP contribution in [0.3, 0.4) is 0 Å². The van der Waals surface area contributed by atoms with Gasteiger partial charge in [-0.3, -0.25) is 4.79 Å². The van der Waals surface area contributed by atoms with Crippen LogP contribution < -0.4 is 0 Å². The summed E-state index contributed by atoms with van der Waals surface area (Å²) in [5.74, 6) is 0. The van der Waals surface area contributed by atoms with Gasteiger partial charge in [0, 0.05) is 25.4 Å². The number of fused-ring (bicyclic) bond motifs is 1. The maximum absolute atomic E-state index is 12.0. The Kier molecular flexibility index (Phi) is 3.75. The number of hydrogen-bond donors (Lipinski definition) is 0. The van der Waals surface area contributed by atoms with E-state index in [1.165, 1.54) is 0 Å². The number of nitrogens with zero attached hydrogens (tertiary/aromatic N) is 4. The number of aromatic nitrogens is 3. The van der Waals surface area contributed by atoms with Gasteiger partial charge in [-0.15, -0.1) is 10.2 Å². The van der Waals surface area contributed by atoms with E-state index in [-0.39, 0.29) is 17.3 Å². The molecule has 8 heteroatoms. The Bertz CT molecular complexity index is 775. The van der Waals surface area contributed by atoms with E-state index in [0.717, 1.165) is 11.8 Å². The highest BCUT2D eigenvalue weighted by atomic mass is 35.5. The van der Waals surface area contributed by atoms with Gasteiger partial charge >= 0.3 is 6.09 Å². The van der Waals surface area contributed by atoms with Crippen molar-refractivity contribution in [1.29, 1.82) is 0 Å². The third-order valence-corrected chi connectivity index (χ3v) is 3.79. The van der Waals surface area contributed by atoms with Crippen LogP contribution in [0.15, 0.2) is 12.3 Å². The van der Waals surface area contributed by atoms with Gasteiger partial charge < -0.3 is 14.2 Å². The number of amides is 1. The molecule has 0 N–H and O–H groups in total. The maximum atomic E-state index is 12.0. The summed E-state index contributed by atoms with van der Waals surface area (Å²) in [6.45, 7) is 6.52. The van der Waals surface area contributed by atoms with Crippen molar-refractivity contribution < 1.29 is 14.3 Å². The molecule has 1 aliphatic rings. The van der Waals surface area contributed by atoms with Crippen molar-refractivity contribution in [2.75, 3.05) is 13.1 Å². The summed E-state index contributed by atoms with van der Waals surface area (Å²) in [5, 5.41) is 8.01. The van der Waals surface area contributed by atoms with Gasteiger partial charge in [-0.25, -0.2) is 4.79 Å². The molecule has 0 saturated carbocycles. The Hall–Kier alpha value is -2.15. The van der Waals surface area contributed by atoms with Crippen LogP contribution in [0, 0.1) is 0 Å². The molecule has 1 aliphatic heterocycles. The molecule has 2 aromatic rings. The summed E-state index contributed by atoms with van der Waals surface area (Å²) >= 11 is 5.90. The minimum Gasteiger partial charge on any atom is -0.444 e. The number of rotatable bonds is 2. The molecule has 1 fully saturated rings. The molecule has 1 saturated heterocycles. The highest BCUT2D eigenvalue weighted by Gasteiger charge is 2.35. The Balaban J connectivity index is 1.80. The van der Waals surface area contributed by atoms with Crippen molar-refractivity contribution in [3.8, 4) is 0 Å². The van der Waals surface area contributed by atoms with Crippen molar-refractivity contribution in [3.05, 3.63) is 23.0 Å². The Morgan fingerprint density at radius 3 is 2.70 bits per heavy atom. The molecule has 7 nitrogen and oxygen atoms in total. The first-order valence-electron chi connectivity index (χ1n) is 7.25. The van der Waals surface area contributed by atoms with E-state index in [4.69, 9.17) is 16.3 Å². The zero-order valence-corrected chi connectivity index (χ0v) is 13.9. The van der Waals surface area contributed by atoms with E-state index in [9.17, 15) is 9.59 Å². The number of likely N-dealkylation sites (tertiary alicyclic amines) is 1. The minimum absolute atomic E-state index is 0.0546. The molecule has 3 rings (SSSR count). The van der Waals surface area contributed by atoms with Crippen LogP contribution in [0.4, 0.5) is 4.79 Å². The van der Waals surface area contributed by atoms with Gasteiger partial charge in [0.25, 0.3) is 0 Å². The lowest BCUT2D eigenvalue weighted by Crippen LogP contribution is -2.52. The lowest BCUT2D eigenvalue weighted by atomic mass is 10.1. The van der Waals surface area contributed by atoms with Crippen LogP contribution in [0.2, 0.25) is 5.15 Å². The number of aldehydes is 1. The molecule has 2 aromatic heterocycles. The topological polar surface area (TPSA) is 77.3 Å². The van der Waals surface area contributed by atoms with Gasteiger partial charge in [-0.05, 0) is 20.8 Å². The molecule has 0 bridgehead atoms. The summed E-state index contributed by atoms with van der Waals surface area (Å²) in [7, 11) is 0. The summed E-state index contributed by atoms with van der Waals surface area (Å²) in [5.41, 5.74) is 1.19. The number of carbonyl (C=O) groups excluding carboxylic acids is 2. The molecule has 3 heterocycles. The molecule has 0 spiro atoms. The zero-order chi connectivity index (χ0) is 16.8. The van der Waals surface area contributed by atoms with E-state index < -0.39 is 5.60 Å². The highest BCUT2D eigenvalue weighted by molar-refractivity contribution is 6.29. The van der Waals surface area contributed by atoms with Crippen molar-refractivity contribution in [1.82, 2.24) is 19.7 Å². The Morgan fingerprint density at radius 2 is 2.09 bits per heavy atom. The first kappa shape index (κ1) is 15.7. The van der Waals surface area contributed by atoms with E-state index in [1.807, 2.05) is 25.3 Å². The second-order valence-electron chi connectivity index (χ2n) is 6.55. The SMILES string of the molecule is CC(C)(C)OC(=O)N1CC(n2cc(C=O)c3nnc(Cl)cc32)C1. The fourth-order valence-electron chi connectivity index (χ4n) is 2.54. The van der Waals surface area contributed by atoms with Crippen LogP contribution in [0.25, 0.3) is 11.0 Å². The maximum Gasteiger partial charge on any atom is 0.410 e. The first-order chi connectivity index (χ1) is 10.8. The summed E-state index contributed by atoms with van der Waals surface area (Å²) in [6.07, 6.45) is 2.13. The molecule has 0 unspecified atom stereocenters. The van der Waals surface area contributed by atoms with Gasteiger partial charge in [0.1, 0.15) is 11.1 Å². The summed E-state index contributed by atoms with van der Waals surface area (Å²) in [4.78, 5) is 24.8. The van der Waals surface area contributed by atoms with E-state index in [1.54, 1.807) is 17.2 Å². The van der Waals surface area contributed by atoms with Gasteiger partial charge in [0.15, 0.2) is 11.4 Å². The number of ether oxygens (including phenoxy) is 1. The largest absolute Gasteiger partial charge is 0.444 e. The van der Waals surface area contributed by atoms with Crippen LogP contribution >= 0.6 is 11.6 Å². The standard InChI is InChI=1S/C15H17ClN4O3/c1-15(2,3)23-14(22)19-6-10(7-19)20-5-9(8-21)13-11(20)4-12(16)17-18-13/h4-5,8,10H,6-7H2,1-3H3. The van der Waals surface area contributed by atoms with Gasteiger partial charge in [0.05, 0.1) is 17.1 Å². The molecule has 0 aromatic carbocycles. The van der Waals surface area contributed by atoms with Gasteiger partial charge in [-0.2, -0.15) is 0 Å². The molecule has 1 amide bonds. The minimum atomic E-state index is -0.518. The van der Waals surface area contributed by atoms with Crippen molar-refractivity contribution in [3.63, 3.8) is 0 Å². The fourth-order valence-corrected chi connectivity index (χ4v) is 2.68. The second-order valence-corrected chi connectivity index (χ2v) is 6.94. The van der Waals surface area contributed by atoms with E-state index in [2.05, 4.69) is 10.2 Å². The quantitative estimate of drug-likeness (QED) is 0.788. The normalized spacial score (nSPS) is 15.6. The van der Waals surface area contributed by atoms with E-state index in [0.29, 0.717) is 24.2 Å². The molecular weight excluding hydrogens is 320 g/mol. The second kappa shape index (κ2) is 5.49. The lowest BCUT2D eigenvalue weighted by Gasteiger charge is -2.40. The number of halogens is 1. The smallest absolute Gasteiger partial charge is 0.410 e. The monoisotopic (exact) mass is 336 g/mol. The summed E-state index contributed by atoms with van der Waals surface area (Å²) in [6, 6.07) is 1.73. The highest BCUT2D eigenvalue weighted by Crippen LogP contribution is 2.29. The Labute approximate surface area is 138 Å². The van der Waals surface area contributed by atoms with Crippen LogP contribution in [-0.2, 0) is 4.74 Å². The van der Waals surface area contributed by atoms with Crippen molar-refractivity contribution >= 4 is 35.0 Å². The number of hydrogen-bond acceptors (Lipinski definition) is 5. The molecule has 0 radical (unpaired) electrons. The van der Waals surface area contributed by atoms with Crippen LogP contribution in [0.5, 0.6) is 0 Å². The average Bonchev–Trinajstić information content (AvgIpc) is 2.73. The fraction of sp³-hybridized carbons (Fsp3) is 0.467. The molecular formula is C15H17ClN4O3. The molecule has 0 atom stereocenters. The Morgan fingerprint density at radius 1 is 1.39 bits per heavy atom. The van der Waals surface area contributed by atoms with Crippen molar-refractivity contribution in [2.45, 2.75) is 32.4 Å². The average molecular weight is 337 g/mol. The molecule has 23 heavy (non-hydrogen) atoms. The van der Waals surface area contributed by atoms with Gasteiger partial charge in [-0.1, -0.05) is 11.6 Å². The third-order valence-electron chi connectivity index (χ3n) is 3.61. The molecule has 0 aliphatic carbocycles. The first-order valence-corrected chi connectivity index (χ1v) is 7.63. The third kappa shape index (κ3) is 3.01. The zero-order valence-electron chi connectivity index (χ0n) is 13.1. The molecule has 122 valence electrons. The predicted octanol–water partition coefficient (Wildman–Crippen LogP) is 2.69. The number of carbonyl (C=O) groups is 2. The predicted molar refractivity (Wildman–Crippen MR) is 84.8 cm³/mol. The van der Waals surface area contributed by atoms with Gasteiger partial charge in [0.2, 0.25) is 0 Å². The van der Waals surface area contributed by atoms with Crippen LogP contribution in [-0.4, -0.2) is 50.7 Å².